The topological polar surface area (TPSA) is 65.5 Å². The van der Waals surface area contributed by atoms with Crippen LogP contribution in [0, 0.1) is 0 Å². The summed E-state index contributed by atoms with van der Waals surface area (Å²) in [6, 6.07) is 5.41. The van der Waals surface area contributed by atoms with Crippen molar-refractivity contribution in [1.82, 2.24) is 4.98 Å². The van der Waals surface area contributed by atoms with Gasteiger partial charge in [0, 0.05) is 13.3 Å². The maximum absolute atomic E-state index is 11.1. The fraction of sp³-hybridized carbons (Fsp3) is 0.462. The van der Waals surface area contributed by atoms with Crippen molar-refractivity contribution < 1.29 is 19.1 Å². The van der Waals surface area contributed by atoms with E-state index in [2.05, 4.69) is 25.7 Å². The maximum Gasteiger partial charge on any atom is 0.305 e. The van der Waals surface area contributed by atoms with Crippen LogP contribution in [0.15, 0.2) is 22.8 Å². The number of ether oxygens (including phenoxy) is 2. The molecule has 1 aromatic rings. The summed E-state index contributed by atoms with van der Waals surface area (Å²) in [5, 5.41) is 0. The number of aromatic nitrogens is 1. The van der Waals surface area contributed by atoms with Crippen LogP contribution in [-0.2, 0) is 19.1 Å². The number of hydrogen-bond donors (Lipinski definition) is 0. The average molecular weight is 330 g/mol. The molecule has 1 rings (SSSR count). The zero-order valence-electron chi connectivity index (χ0n) is 10.9. The highest BCUT2D eigenvalue weighted by atomic mass is 79.9. The van der Waals surface area contributed by atoms with Crippen molar-refractivity contribution in [3.8, 4) is 0 Å². The number of carbonyl (C=O) groups excluding carboxylic acids is 2. The second-order valence-electron chi connectivity index (χ2n) is 3.95. The highest BCUT2D eigenvalue weighted by Gasteiger charge is 2.17. The van der Waals surface area contributed by atoms with E-state index in [1.165, 1.54) is 14.0 Å². The van der Waals surface area contributed by atoms with Gasteiger partial charge in [-0.05, 0) is 40.9 Å². The fourth-order valence-corrected chi connectivity index (χ4v) is 1.96. The Morgan fingerprint density at radius 1 is 1.42 bits per heavy atom. The molecule has 0 saturated carbocycles. The first kappa shape index (κ1) is 15.6. The number of carbonyl (C=O) groups is 2. The monoisotopic (exact) mass is 329 g/mol. The van der Waals surface area contributed by atoms with E-state index in [9.17, 15) is 9.59 Å². The lowest BCUT2D eigenvalue weighted by molar-refractivity contribution is -0.147. The predicted molar refractivity (Wildman–Crippen MR) is 72.3 cm³/mol. The standard InChI is InChI=1S/C13H16BrNO4/c1-9(16)19-11(6-4-8-13(17)18-2)10-5-3-7-12(14)15-10/h3,5,7,11H,4,6,8H2,1-2H3/t11-/m1/s1. The molecule has 19 heavy (non-hydrogen) atoms. The van der Waals surface area contributed by atoms with Crippen LogP contribution in [0.25, 0.3) is 0 Å². The Hall–Kier alpha value is -1.43. The van der Waals surface area contributed by atoms with Crippen LogP contribution >= 0.6 is 15.9 Å². The molecule has 1 heterocycles. The van der Waals surface area contributed by atoms with Crippen LogP contribution in [-0.4, -0.2) is 24.0 Å². The van der Waals surface area contributed by atoms with Gasteiger partial charge in [-0.2, -0.15) is 0 Å². The van der Waals surface area contributed by atoms with E-state index in [4.69, 9.17) is 4.74 Å². The van der Waals surface area contributed by atoms with Crippen LogP contribution in [0.4, 0.5) is 0 Å². The number of nitrogens with zero attached hydrogens (tertiary/aromatic N) is 1. The summed E-state index contributed by atoms with van der Waals surface area (Å²) in [6.07, 6.45) is 0.943. The molecule has 0 amide bonds. The lowest BCUT2D eigenvalue weighted by Gasteiger charge is -2.16. The lowest BCUT2D eigenvalue weighted by atomic mass is 10.1. The summed E-state index contributed by atoms with van der Waals surface area (Å²) in [4.78, 5) is 26.4. The van der Waals surface area contributed by atoms with Gasteiger partial charge >= 0.3 is 11.9 Å². The molecule has 0 fully saturated rings. The number of halogens is 1. The molecule has 5 nitrogen and oxygen atoms in total. The van der Waals surface area contributed by atoms with Gasteiger partial charge in [0.15, 0.2) is 0 Å². The van der Waals surface area contributed by atoms with Crippen molar-refractivity contribution in [2.24, 2.45) is 0 Å². The molecule has 0 radical (unpaired) electrons. The highest BCUT2D eigenvalue weighted by molar-refractivity contribution is 9.10. The second-order valence-corrected chi connectivity index (χ2v) is 4.76. The number of hydrogen-bond acceptors (Lipinski definition) is 5. The average Bonchev–Trinajstić information content (AvgIpc) is 2.36. The molecule has 1 aromatic heterocycles. The van der Waals surface area contributed by atoms with Crippen molar-refractivity contribution in [2.75, 3.05) is 7.11 Å². The van der Waals surface area contributed by atoms with Gasteiger partial charge in [-0.25, -0.2) is 4.98 Å². The Balaban J connectivity index is 2.66. The van der Waals surface area contributed by atoms with Gasteiger partial charge in [0.1, 0.15) is 10.7 Å². The van der Waals surface area contributed by atoms with Gasteiger partial charge in [0.05, 0.1) is 12.8 Å². The van der Waals surface area contributed by atoms with Crippen molar-refractivity contribution >= 4 is 27.9 Å². The van der Waals surface area contributed by atoms with Crippen LogP contribution in [0.1, 0.15) is 38.0 Å². The molecule has 0 saturated heterocycles. The third kappa shape index (κ3) is 5.83. The van der Waals surface area contributed by atoms with E-state index in [0.717, 1.165) is 0 Å². The molecule has 0 aliphatic heterocycles. The molecule has 0 aliphatic carbocycles. The van der Waals surface area contributed by atoms with Gasteiger partial charge in [0.2, 0.25) is 0 Å². The first-order valence-corrected chi connectivity index (χ1v) is 6.68. The summed E-state index contributed by atoms with van der Waals surface area (Å²) >= 11 is 3.27. The molecule has 0 bridgehead atoms. The van der Waals surface area contributed by atoms with Gasteiger partial charge in [-0.3, -0.25) is 9.59 Å². The summed E-state index contributed by atoms with van der Waals surface area (Å²) < 4.78 is 10.5. The predicted octanol–water partition coefficient (Wildman–Crippen LogP) is 2.79. The molecule has 6 heteroatoms. The first-order chi connectivity index (χ1) is 9.02. The van der Waals surface area contributed by atoms with E-state index in [1.54, 1.807) is 12.1 Å². The van der Waals surface area contributed by atoms with Crippen molar-refractivity contribution in [1.29, 1.82) is 0 Å². The van der Waals surface area contributed by atoms with E-state index in [-0.39, 0.29) is 11.9 Å². The Morgan fingerprint density at radius 3 is 2.74 bits per heavy atom. The maximum atomic E-state index is 11.1. The largest absolute Gasteiger partial charge is 0.469 e. The van der Waals surface area contributed by atoms with Gasteiger partial charge < -0.3 is 9.47 Å². The van der Waals surface area contributed by atoms with E-state index >= 15 is 0 Å². The molecule has 0 aliphatic rings. The van der Waals surface area contributed by atoms with Crippen LogP contribution in [0.3, 0.4) is 0 Å². The zero-order chi connectivity index (χ0) is 14.3. The third-order valence-electron chi connectivity index (χ3n) is 2.45. The molecule has 1 atom stereocenters. The van der Waals surface area contributed by atoms with Gasteiger partial charge in [-0.15, -0.1) is 0 Å². The Labute approximate surface area is 120 Å². The fourth-order valence-electron chi connectivity index (χ4n) is 1.60. The minimum atomic E-state index is -0.445. The first-order valence-electron chi connectivity index (χ1n) is 5.89. The lowest BCUT2D eigenvalue weighted by Crippen LogP contribution is -2.11. The van der Waals surface area contributed by atoms with E-state index in [1.807, 2.05) is 6.07 Å². The van der Waals surface area contributed by atoms with Gasteiger partial charge in [0.25, 0.3) is 0 Å². The number of rotatable bonds is 6. The van der Waals surface area contributed by atoms with E-state index < -0.39 is 6.10 Å². The summed E-state index contributed by atoms with van der Waals surface area (Å²) in [5.41, 5.74) is 0.662. The second kappa shape index (κ2) is 7.89. The van der Waals surface area contributed by atoms with Crippen molar-refractivity contribution in [2.45, 2.75) is 32.3 Å². The molecule has 0 aromatic carbocycles. The van der Waals surface area contributed by atoms with E-state index in [0.29, 0.717) is 29.6 Å². The summed E-state index contributed by atoms with van der Waals surface area (Å²) in [5.74, 6) is -0.645. The van der Waals surface area contributed by atoms with Crippen molar-refractivity contribution in [3.05, 3.63) is 28.5 Å². The minimum Gasteiger partial charge on any atom is -0.469 e. The van der Waals surface area contributed by atoms with Crippen molar-refractivity contribution in [3.63, 3.8) is 0 Å². The molecular formula is C13H16BrNO4. The Morgan fingerprint density at radius 2 is 2.16 bits per heavy atom. The quantitative estimate of drug-likeness (QED) is 0.593. The normalized spacial score (nSPS) is 11.7. The van der Waals surface area contributed by atoms with Crippen LogP contribution < -0.4 is 0 Å². The number of pyridine rings is 1. The smallest absolute Gasteiger partial charge is 0.305 e. The zero-order valence-corrected chi connectivity index (χ0v) is 12.5. The van der Waals surface area contributed by atoms with Gasteiger partial charge in [-0.1, -0.05) is 6.07 Å². The summed E-state index contributed by atoms with van der Waals surface area (Å²) in [7, 11) is 1.35. The number of methoxy groups -OCH3 is 1. The molecule has 0 spiro atoms. The molecule has 104 valence electrons. The molecule has 0 N–H and O–H groups in total. The summed E-state index contributed by atoms with van der Waals surface area (Å²) in [6.45, 7) is 1.35. The Kier molecular flexibility index (Phi) is 6.49. The molecular weight excluding hydrogens is 314 g/mol. The highest BCUT2D eigenvalue weighted by Crippen LogP contribution is 2.23. The van der Waals surface area contributed by atoms with Crippen LogP contribution in [0.5, 0.6) is 0 Å². The third-order valence-corrected chi connectivity index (χ3v) is 2.89. The Bertz CT molecular complexity index is 450. The van der Waals surface area contributed by atoms with Crippen LogP contribution in [0.2, 0.25) is 0 Å². The number of esters is 2. The molecule has 0 unspecified atom stereocenters. The minimum absolute atomic E-state index is 0.274. The SMILES string of the molecule is COC(=O)CCC[C@@H](OC(C)=O)c1cccc(Br)n1.